The Kier molecular flexibility index (Phi) is 4.18. The number of anilines is 1. The molecule has 0 aromatic heterocycles. The van der Waals surface area contributed by atoms with Gasteiger partial charge in [0.2, 0.25) is 0 Å². The standard InChI is InChI=1S/C19H15NO5/c21-15-7-5-11(9-17(15)23)13-3-1-2-4-14(13)20-19(25)12-6-8-16(22)18(24)10-12/h1-10,21-24H,(H,20,25). The number of aromatic hydroxyl groups is 4. The van der Waals surface area contributed by atoms with Crippen LogP contribution < -0.4 is 5.32 Å². The maximum Gasteiger partial charge on any atom is 0.255 e. The van der Waals surface area contributed by atoms with Crippen LogP contribution >= 0.6 is 0 Å². The summed E-state index contributed by atoms with van der Waals surface area (Å²) in [5.41, 5.74) is 1.93. The lowest BCUT2D eigenvalue weighted by Gasteiger charge is -2.12. The van der Waals surface area contributed by atoms with Gasteiger partial charge in [0.25, 0.3) is 5.91 Å². The lowest BCUT2D eigenvalue weighted by Crippen LogP contribution is -2.12. The smallest absolute Gasteiger partial charge is 0.255 e. The van der Waals surface area contributed by atoms with E-state index in [1.807, 2.05) is 0 Å². The third kappa shape index (κ3) is 3.32. The van der Waals surface area contributed by atoms with Crippen molar-refractivity contribution >= 4 is 11.6 Å². The molecule has 6 heteroatoms. The lowest BCUT2D eigenvalue weighted by atomic mass is 10.0. The number of rotatable bonds is 3. The third-order valence-corrected chi connectivity index (χ3v) is 3.70. The van der Waals surface area contributed by atoms with Crippen molar-refractivity contribution in [1.29, 1.82) is 0 Å². The van der Waals surface area contributed by atoms with Gasteiger partial charge in [-0.25, -0.2) is 0 Å². The summed E-state index contributed by atoms with van der Waals surface area (Å²) >= 11 is 0. The predicted octanol–water partition coefficient (Wildman–Crippen LogP) is 3.43. The Balaban J connectivity index is 1.94. The highest BCUT2D eigenvalue weighted by Crippen LogP contribution is 2.34. The molecule has 1 amide bonds. The molecule has 25 heavy (non-hydrogen) atoms. The summed E-state index contributed by atoms with van der Waals surface area (Å²) in [6, 6.07) is 15.1. The van der Waals surface area contributed by atoms with E-state index in [-0.39, 0.29) is 28.6 Å². The molecule has 0 aliphatic carbocycles. The molecule has 0 saturated carbocycles. The second kappa shape index (κ2) is 6.45. The lowest BCUT2D eigenvalue weighted by molar-refractivity contribution is 0.102. The van der Waals surface area contributed by atoms with Crippen molar-refractivity contribution in [1.82, 2.24) is 0 Å². The second-order valence-electron chi connectivity index (χ2n) is 5.41. The average Bonchev–Trinajstić information content (AvgIpc) is 2.60. The molecule has 0 bridgehead atoms. The first-order valence-corrected chi connectivity index (χ1v) is 7.40. The number of hydrogen-bond acceptors (Lipinski definition) is 5. The Morgan fingerprint density at radius 3 is 2.04 bits per heavy atom. The van der Waals surface area contributed by atoms with Crippen molar-refractivity contribution in [2.24, 2.45) is 0 Å². The molecular weight excluding hydrogens is 322 g/mol. The highest BCUT2D eigenvalue weighted by molar-refractivity contribution is 6.06. The van der Waals surface area contributed by atoms with Crippen molar-refractivity contribution in [2.75, 3.05) is 5.32 Å². The first-order valence-electron chi connectivity index (χ1n) is 7.40. The molecule has 0 unspecified atom stereocenters. The molecule has 0 heterocycles. The Morgan fingerprint density at radius 2 is 1.36 bits per heavy atom. The van der Waals surface area contributed by atoms with Crippen LogP contribution in [0.3, 0.4) is 0 Å². The van der Waals surface area contributed by atoms with Gasteiger partial charge in [0.05, 0.1) is 0 Å². The highest BCUT2D eigenvalue weighted by Gasteiger charge is 2.13. The van der Waals surface area contributed by atoms with Crippen LogP contribution in [0.5, 0.6) is 23.0 Å². The van der Waals surface area contributed by atoms with Crippen LogP contribution in [0.25, 0.3) is 11.1 Å². The summed E-state index contributed by atoms with van der Waals surface area (Å²) in [7, 11) is 0. The Morgan fingerprint density at radius 1 is 0.720 bits per heavy atom. The van der Waals surface area contributed by atoms with E-state index in [1.165, 1.54) is 30.3 Å². The quantitative estimate of drug-likeness (QED) is 0.470. The Hall–Kier alpha value is -3.67. The van der Waals surface area contributed by atoms with Gasteiger partial charge < -0.3 is 25.7 Å². The van der Waals surface area contributed by atoms with Crippen LogP contribution in [-0.4, -0.2) is 26.3 Å². The van der Waals surface area contributed by atoms with E-state index in [4.69, 9.17) is 0 Å². The molecule has 3 aromatic rings. The zero-order chi connectivity index (χ0) is 18.0. The first kappa shape index (κ1) is 16.2. The van der Waals surface area contributed by atoms with Crippen LogP contribution in [-0.2, 0) is 0 Å². The zero-order valence-electron chi connectivity index (χ0n) is 13.0. The second-order valence-corrected chi connectivity index (χ2v) is 5.41. The van der Waals surface area contributed by atoms with Crippen LogP contribution in [0.4, 0.5) is 5.69 Å². The molecule has 0 fully saturated rings. The van der Waals surface area contributed by atoms with Crippen LogP contribution in [0.1, 0.15) is 10.4 Å². The summed E-state index contributed by atoms with van der Waals surface area (Å²) in [5, 5.41) is 40.7. The Bertz CT molecular complexity index is 952. The minimum atomic E-state index is -0.467. The van der Waals surface area contributed by atoms with Gasteiger partial charge in [0.15, 0.2) is 23.0 Å². The molecule has 0 saturated heterocycles. The van der Waals surface area contributed by atoms with Crippen molar-refractivity contribution in [3.8, 4) is 34.1 Å². The fourth-order valence-electron chi connectivity index (χ4n) is 2.39. The molecular formula is C19H15NO5. The van der Waals surface area contributed by atoms with Gasteiger partial charge >= 0.3 is 0 Å². The predicted molar refractivity (Wildman–Crippen MR) is 92.9 cm³/mol. The van der Waals surface area contributed by atoms with Crippen molar-refractivity contribution < 1.29 is 25.2 Å². The normalized spacial score (nSPS) is 10.4. The summed E-state index contributed by atoms with van der Waals surface area (Å²) in [6.07, 6.45) is 0. The highest BCUT2D eigenvalue weighted by atomic mass is 16.3. The number of carbonyl (C=O) groups is 1. The van der Waals surface area contributed by atoms with Gasteiger partial charge in [-0.15, -0.1) is 0 Å². The molecule has 0 aliphatic heterocycles. The monoisotopic (exact) mass is 337 g/mol. The minimum absolute atomic E-state index is 0.179. The maximum atomic E-state index is 12.4. The largest absolute Gasteiger partial charge is 0.504 e. The maximum absolute atomic E-state index is 12.4. The van der Waals surface area contributed by atoms with Crippen LogP contribution in [0.15, 0.2) is 60.7 Å². The molecule has 0 spiro atoms. The van der Waals surface area contributed by atoms with E-state index in [2.05, 4.69) is 5.32 Å². The van der Waals surface area contributed by atoms with Gasteiger partial charge in [0, 0.05) is 16.8 Å². The average molecular weight is 337 g/mol. The van der Waals surface area contributed by atoms with Gasteiger partial charge in [-0.05, 0) is 42.0 Å². The fourth-order valence-corrected chi connectivity index (χ4v) is 2.39. The topological polar surface area (TPSA) is 110 Å². The number of amides is 1. The number of carbonyl (C=O) groups excluding carboxylic acids is 1. The van der Waals surface area contributed by atoms with E-state index in [0.717, 1.165) is 0 Å². The first-order chi connectivity index (χ1) is 12.0. The summed E-state index contributed by atoms with van der Waals surface area (Å²) < 4.78 is 0. The zero-order valence-corrected chi connectivity index (χ0v) is 13.0. The number of nitrogens with one attached hydrogen (secondary N) is 1. The molecule has 0 aliphatic rings. The number of benzene rings is 3. The molecule has 0 radical (unpaired) electrons. The third-order valence-electron chi connectivity index (χ3n) is 3.70. The van der Waals surface area contributed by atoms with Crippen molar-refractivity contribution in [3.05, 3.63) is 66.2 Å². The molecule has 3 aromatic carbocycles. The summed E-state index contributed by atoms with van der Waals surface area (Å²) in [5.74, 6) is -1.65. The Labute approximate surface area is 143 Å². The molecule has 3 rings (SSSR count). The van der Waals surface area contributed by atoms with Gasteiger partial charge in [0.1, 0.15) is 0 Å². The number of para-hydroxylation sites is 1. The van der Waals surface area contributed by atoms with Crippen molar-refractivity contribution in [2.45, 2.75) is 0 Å². The van der Waals surface area contributed by atoms with Gasteiger partial charge in [-0.1, -0.05) is 24.3 Å². The van der Waals surface area contributed by atoms with Crippen LogP contribution in [0.2, 0.25) is 0 Å². The number of phenols is 4. The SMILES string of the molecule is O=C(Nc1ccccc1-c1ccc(O)c(O)c1)c1ccc(O)c(O)c1. The molecule has 126 valence electrons. The number of phenolic OH excluding ortho intramolecular Hbond substituents is 4. The molecule has 5 N–H and O–H groups in total. The van der Waals surface area contributed by atoms with Crippen LogP contribution in [0, 0.1) is 0 Å². The van der Waals surface area contributed by atoms with E-state index in [0.29, 0.717) is 16.8 Å². The van der Waals surface area contributed by atoms with Gasteiger partial charge in [-0.3, -0.25) is 4.79 Å². The van der Waals surface area contributed by atoms with E-state index >= 15 is 0 Å². The molecule has 6 nitrogen and oxygen atoms in total. The van der Waals surface area contributed by atoms with Crippen molar-refractivity contribution in [3.63, 3.8) is 0 Å². The van der Waals surface area contributed by atoms with E-state index in [1.54, 1.807) is 30.3 Å². The number of hydrogen-bond donors (Lipinski definition) is 5. The van der Waals surface area contributed by atoms with E-state index in [9.17, 15) is 25.2 Å². The fraction of sp³-hybridized carbons (Fsp3) is 0. The van der Waals surface area contributed by atoms with E-state index < -0.39 is 5.91 Å². The summed E-state index contributed by atoms with van der Waals surface area (Å²) in [6.45, 7) is 0. The summed E-state index contributed by atoms with van der Waals surface area (Å²) in [4.78, 5) is 12.4. The minimum Gasteiger partial charge on any atom is -0.504 e. The molecule has 0 atom stereocenters. The van der Waals surface area contributed by atoms with Gasteiger partial charge in [-0.2, -0.15) is 0 Å².